The van der Waals surface area contributed by atoms with Crippen LogP contribution >= 0.6 is 11.6 Å². The molecule has 0 spiro atoms. The molecular formula is C20H19ClN2O2. The number of methoxy groups -OCH3 is 1. The Morgan fingerprint density at radius 3 is 2.80 bits per heavy atom. The minimum atomic E-state index is -0.0785. The van der Waals surface area contributed by atoms with E-state index in [1.165, 1.54) is 5.56 Å². The maximum absolute atomic E-state index is 12.6. The number of H-pyrrole nitrogens is 1. The number of aryl methyl sites for hydroxylation is 1. The number of amides is 1. The Bertz CT molecular complexity index is 931. The molecule has 128 valence electrons. The van der Waals surface area contributed by atoms with Gasteiger partial charge in [-0.3, -0.25) is 4.79 Å². The molecule has 1 aromatic heterocycles. The number of nitrogens with one attached hydrogen (secondary N) is 2. The Morgan fingerprint density at radius 1 is 1.24 bits per heavy atom. The molecule has 0 radical (unpaired) electrons. The van der Waals surface area contributed by atoms with Crippen molar-refractivity contribution < 1.29 is 9.53 Å². The summed E-state index contributed by atoms with van der Waals surface area (Å²) in [6, 6.07) is 13.1. The van der Waals surface area contributed by atoms with Crippen LogP contribution in [-0.2, 0) is 6.42 Å². The van der Waals surface area contributed by atoms with Gasteiger partial charge >= 0.3 is 0 Å². The SMILES string of the molecule is COc1ccc(C(=O)NC2CCCc3c2[nH]c2c(Cl)cccc32)cc1. The molecule has 0 bridgehead atoms. The highest BCUT2D eigenvalue weighted by Crippen LogP contribution is 2.37. The first-order chi connectivity index (χ1) is 12.2. The molecule has 0 fully saturated rings. The number of carbonyl (C=O) groups excluding carboxylic acids is 1. The number of benzene rings is 2. The van der Waals surface area contributed by atoms with E-state index in [0.717, 1.165) is 41.6 Å². The molecule has 0 aliphatic heterocycles. The van der Waals surface area contributed by atoms with Gasteiger partial charge in [-0.1, -0.05) is 23.7 Å². The van der Waals surface area contributed by atoms with Crippen molar-refractivity contribution in [3.8, 4) is 5.75 Å². The Balaban J connectivity index is 1.63. The van der Waals surface area contributed by atoms with Crippen LogP contribution in [0.3, 0.4) is 0 Å². The van der Waals surface area contributed by atoms with Gasteiger partial charge in [-0.25, -0.2) is 0 Å². The third-order valence-electron chi connectivity index (χ3n) is 4.85. The third kappa shape index (κ3) is 2.87. The van der Waals surface area contributed by atoms with Crippen molar-refractivity contribution in [3.05, 3.63) is 64.3 Å². The van der Waals surface area contributed by atoms with Gasteiger partial charge < -0.3 is 15.0 Å². The average molecular weight is 355 g/mol. The lowest BCUT2D eigenvalue weighted by atomic mass is 9.91. The summed E-state index contributed by atoms with van der Waals surface area (Å²) >= 11 is 6.32. The van der Waals surface area contributed by atoms with Gasteiger partial charge in [0.2, 0.25) is 0 Å². The molecule has 1 heterocycles. The normalized spacial score (nSPS) is 16.5. The van der Waals surface area contributed by atoms with E-state index in [1.54, 1.807) is 31.4 Å². The maximum atomic E-state index is 12.6. The molecule has 0 saturated carbocycles. The summed E-state index contributed by atoms with van der Waals surface area (Å²) < 4.78 is 5.14. The maximum Gasteiger partial charge on any atom is 0.251 e. The minimum absolute atomic E-state index is 0.0261. The summed E-state index contributed by atoms with van der Waals surface area (Å²) in [5, 5.41) is 5.03. The van der Waals surface area contributed by atoms with E-state index in [9.17, 15) is 4.79 Å². The summed E-state index contributed by atoms with van der Waals surface area (Å²) in [6.45, 7) is 0. The van der Waals surface area contributed by atoms with E-state index >= 15 is 0 Å². The van der Waals surface area contributed by atoms with Gasteiger partial charge in [-0.15, -0.1) is 0 Å². The van der Waals surface area contributed by atoms with E-state index in [2.05, 4.69) is 16.4 Å². The number of para-hydroxylation sites is 1. The molecule has 1 unspecified atom stereocenters. The predicted molar refractivity (Wildman–Crippen MR) is 99.4 cm³/mol. The summed E-state index contributed by atoms with van der Waals surface area (Å²) in [5.74, 6) is 0.659. The molecular weight excluding hydrogens is 336 g/mol. The highest BCUT2D eigenvalue weighted by Gasteiger charge is 2.26. The van der Waals surface area contributed by atoms with Gasteiger partial charge in [-0.05, 0) is 55.2 Å². The van der Waals surface area contributed by atoms with Crippen molar-refractivity contribution in [2.75, 3.05) is 7.11 Å². The number of halogens is 1. The highest BCUT2D eigenvalue weighted by molar-refractivity contribution is 6.35. The van der Waals surface area contributed by atoms with Gasteiger partial charge in [0, 0.05) is 16.6 Å². The van der Waals surface area contributed by atoms with Crippen molar-refractivity contribution in [1.29, 1.82) is 0 Å². The molecule has 1 aliphatic carbocycles. The number of carbonyl (C=O) groups is 1. The molecule has 4 rings (SSSR count). The topological polar surface area (TPSA) is 54.1 Å². The zero-order valence-electron chi connectivity index (χ0n) is 13.9. The minimum Gasteiger partial charge on any atom is -0.497 e. The van der Waals surface area contributed by atoms with Crippen molar-refractivity contribution in [1.82, 2.24) is 10.3 Å². The lowest BCUT2D eigenvalue weighted by Gasteiger charge is -2.24. The van der Waals surface area contributed by atoms with Crippen LogP contribution in [0.15, 0.2) is 42.5 Å². The van der Waals surface area contributed by atoms with Gasteiger partial charge in [0.1, 0.15) is 5.75 Å². The fourth-order valence-electron chi connectivity index (χ4n) is 3.58. The van der Waals surface area contributed by atoms with Gasteiger partial charge in [-0.2, -0.15) is 0 Å². The lowest BCUT2D eigenvalue weighted by molar-refractivity contribution is 0.0932. The van der Waals surface area contributed by atoms with Crippen molar-refractivity contribution in [2.45, 2.75) is 25.3 Å². The molecule has 1 aliphatic rings. The average Bonchev–Trinajstić information content (AvgIpc) is 3.03. The van der Waals surface area contributed by atoms with Gasteiger partial charge in [0.15, 0.2) is 0 Å². The summed E-state index contributed by atoms with van der Waals surface area (Å²) in [6.07, 6.45) is 2.96. The van der Waals surface area contributed by atoms with Crippen molar-refractivity contribution >= 4 is 28.4 Å². The smallest absolute Gasteiger partial charge is 0.251 e. The number of aromatic nitrogens is 1. The predicted octanol–water partition coefficient (Wildman–Crippen LogP) is 4.64. The Labute approximate surface area is 151 Å². The van der Waals surface area contributed by atoms with Crippen LogP contribution in [0.2, 0.25) is 5.02 Å². The van der Waals surface area contributed by atoms with Crippen LogP contribution in [0.25, 0.3) is 10.9 Å². The van der Waals surface area contributed by atoms with Crippen LogP contribution in [0, 0.1) is 0 Å². The fourth-order valence-corrected chi connectivity index (χ4v) is 3.80. The number of aromatic amines is 1. The zero-order chi connectivity index (χ0) is 17.4. The Hall–Kier alpha value is -2.46. The quantitative estimate of drug-likeness (QED) is 0.720. The standard InChI is InChI=1S/C20H19ClN2O2/c1-25-13-10-8-12(9-11-13)20(24)22-17-7-3-5-15-14-4-2-6-16(21)18(14)23-19(15)17/h2,4,6,8-11,17,23H,3,5,7H2,1H3,(H,22,24). The summed E-state index contributed by atoms with van der Waals surface area (Å²) in [7, 11) is 1.61. The summed E-state index contributed by atoms with van der Waals surface area (Å²) in [5.41, 5.74) is 3.93. The second-order valence-electron chi connectivity index (χ2n) is 6.33. The molecule has 5 heteroatoms. The number of ether oxygens (including phenoxy) is 1. The van der Waals surface area contributed by atoms with Crippen molar-refractivity contribution in [2.24, 2.45) is 0 Å². The van der Waals surface area contributed by atoms with E-state index in [-0.39, 0.29) is 11.9 Å². The third-order valence-corrected chi connectivity index (χ3v) is 5.16. The Kier molecular flexibility index (Phi) is 4.14. The molecule has 0 saturated heterocycles. The first-order valence-corrected chi connectivity index (χ1v) is 8.79. The molecule has 1 amide bonds. The number of hydrogen-bond donors (Lipinski definition) is 2. The largest absolute Gasteiger partial charge is 0.497 e. The molecule has 2 aromatic carbocycles. The molecule has 4 nitrogen and oxygen atoms in total. The first-order valence-electron chi connectivity index (χ1n) is 8.41. The second kappa shape index (κ2) is 6.45. The number of rotatable bonds is 3. The van der Waals surface area contributed by atoms with Gasteiger partial charge in [0.05, 0.1) is 23.7 Å². The molecule has 25 heavy (non-hydrogen) atoms. The fraction of sp³-hybridized carbons (Fsp3) is 0.250. The zero-order valence-corrected chi connectivity index (χ0v) is 14.7. The lowest BCUT2D eigenvalue weighted by Crippen LogP contribution is -2.31. The molecule has 2 N–H and O–H groups in total. The monoisotopic (exact) mass is 354 g/mol. The molecule has 3 aromatic rings. The van der Waals surface area contributed by atoms with Crippen LogP contribution in [0.5, 0.6) is 5.75 Å². The number of hydrogen-bond acceptors (Lipinski definition) is 2. The van der Waals surface area contributed by atoms with E-state index < -0.39 is 0 Å². The summed E-state index contributed by atoms with van der Waals surface area (Å²) in [4.78, 5) is 16.1. The van der Waals surface area contributed by atoms with E-state index in [1.807, 2.05) is 12.1 Å². The van der Waals surface area contributed by atoms with Crippen LogP contribution in [0.1, 0.15) is 40.5 Å². The number of fused-ring (bicyclic) bond motifs is 3. The first kappa shape index (κ1) is 16.0. The van der Waals surface area contributed by atoms with Gasteiger partial charge in [0.25, 0.3) is 5.91 Å². The Morgan fingerprint density at radius 2 is 2.04 bits per heavy atom. The van der Waals surface area contributed by atoms with Crippen LogP contribution in [-0.4, -0.2) is 18.0 Å². The van der Waals surface area contributed by atoms with Crippen molar-refractivity contribution in [3.63, 3.8) is 0 Å². The van der Waals surface area contributed by atoms with E-state index in [0.29, 0.717) is 10.6 Å². The van der Waals surface area contributed by atoms with Crippen LogP contribution < -0.4 is 10.1 Å². The highest BCUT2D eigenvalue weighted by atomic mass is 35.5. The molecule has 1 atom stereocenters. The van der Waals surface area contributed by atoms with E-state index in [4.69, 9.17) is 16.3 Å². The second-order valence-corrected chi connectivity index (χ2v) is 6.73. The van der Waals surface area contributed by atoms with Crippen LogP contribution in [0.4, 0.5) is 0 Å².